The van der Waals surface area contributed by atoms with E-state index in [4.69, 9.17) is 26.8 Å². The molecule has 1 aliphatic heterocycles. The molecule has 9 heteroatoms. The zero-order chi connectivity index (χ0) is 23.7. The molecule has 0 amide bonds. The molecule has 170 valence electrons. The summed E-state index contributed by atoms with van der Waals surface area (Å²) in [7, 11) is 0. The van der Waals surface area contributed by atoms with E-state index in [1.165, 1.54) is 18.2 Å². The van der Waals surface area contributed by atoms with Crippen molar-refractivity contribution >= 4 is 29.0 Å². The van der Waals surface area contributed by atoms with Crippen molar-refractivity contribution in [3.63, 3.8) is 0 Å². The highest BCUT2D eigenvalue weighted by Gasteiger charge is 2.44. The quantitative estimate of drug-likeness (QED) is 0.389. The summed E-state index contributed by atoms with van der Waals surface area (Å²) in [5.41, 5.74) is 7.26. The van der Waals surface area contributed by atoms with Crippen LogP contribution in [0.3, 0.4) is 0 Å². The molecule has 0 bridgehead atoms. The van der Waals surface area contributed by atoms with Gasteiger partial charge >= 0.3 is 5.97 Å². The van der Waals surface area contributed by atoms with E-state index < -0.39 is 16.8 Å². The molecule has 2 atom stereocenters. The fourth-order valence-corrected chi connectivity index (χ4v) is 4.58. The van der Waals surface area contributed by atoms with Crippen LogP contribution in [-0.2, 0) is 19.1 Å². The average molecular weight is 469 g/mol. The van der Waals surface area contributed by atoms with Crippen molar-refractivity contribution in [1.82, 2.24) is 0 Å². The molecule has 8 nitrogen and oxygen atoms in total. The number of ketones is 1. The number of benzene rings is 2. The number of nitro benzene ring substituents is 1. The van der Waals surface area contributed by atoms with E-state index in [-0.39, 0.29) is 58.0 Å². The van der Waals surface area contributed by atoms with E-state index in [0.29, 0.717) is 12.2 Å². The topological polar surface area (TPSA) is 122 Å². The molecule has 2 aliphatic rings. The Labute approximate surface area is 194 Å². The summed E-state index contributed by atoms with van der Waals surface area (Å²) in [6.07, 6.45) is 0.566. The number of ether oxygens (including phenoxy) is 2. The molecule has 0 saturated heterocycles. The number of carbonyl (C=O) groups is 2. The van der Waals surface area contributed by atoms with Gasteiger partial charge in [-0.05, 0) is 30.0 Å². The van der Waals surface area contributed by atoms with Crippen LogP contribution < -0.4 is 5.73 Å². The summed E-state index contributed by atoms with van der Waals surface area (Å²) >= 11 is 6.42. The first kappa shape index (κ1) is 22.5. The van der Waals surface area contributed by atoms with Crippen LogP contribution in [0.25, 0.3) is 0 Å². The third kappa shape index (κ3) is 4.21. The molecule has 33 heavy (non-hydrogen) atoms. The average Bonchev–Trinajstić information content (AvgIpc) is 2.79. The first-order chi connectivity index (χ1) is 15.8. The van der Waals surface area contributed by atoms with Crippen molar-refractivity contribution in [3.05, 3.63) is 97.6 Å². The van der Waals surface area contributed by atoms with Crippen molar-refractivity contribution in [1.29, 1.82) is 0 Å². The lowest BCUT2D eigenvalue weighted by atomic mass is 9.73. The fraction of sp³-hybridized carbons (Fsp3) is 0.250. The van der Waals surface area contributed by atoms with Crippen LogP contribution in [0.5, 0.6) is 0 Å². The lowest BCUT2D eigenvalue weighted by Crippen LogP contribution is -2.33. The van der Waals surface area contributed by atoms with Crippen molar-refractivity contribution in [2.24, 2.45) is 5.73 Å². The maximum Gasteiger partial charge on any atom is 0.340 e. The first-order valence-corrected chi connectivity index (χ1v) is 10.8. The molecule has 2 N–H and O–H groups in total. The Hall–Kier alpha value is -3.65. The number of rotatable bonds is 5. The second kappa shape index (κ2) is 9.07. The molecular formula is C24H21ClN2O6. The minimum absolute atomic E-state index is 0.0704. The summed E-state index contributed by atoms with van der Waals surface area (Å²) in [5.74, 6) is -2.06. The molecule has 4 rings (SSSR count). The number of nitro groups is 1. The largest absolute Gasteiger partial charge is 0.462 e. The molecule has 0 spiro atoms. The number of allylic oxidation sites excluding steroid dienone is 2. The van der Waals surface area contributed by atoms with E-state index in [1.54, 1.807) is 6.92 Å². The molecule has 2 aromatic rings. The second-order valence-corrected chi connectivity index (χ2v) is 8.18. The van der Waals surface area contributed by atoms with Gasteiger partial charge in [0.05, 0.1) is 17.4 Å². The first-order valence-electron chi connectivity index (χ1n) is 10.4. The summed E-state index contributed by atoms with van der Waals surface area (Å²) in [6, 6.07) is 13.4. The number of non-ortho nitro benzene ring substituents is 1. The normalized spacial score (nSPS) is 20.2. The summed E-state index contributed by atoms with van der Waals surface area (Å²) in [4.78, 5) is 37.1. The van der Waals surface area contributed by atoms with Crippen LogP contribution in [0.4, 0.5) is 5.69 Å². The maximum atomic E-state index is 13.4. The number of Topliss-reactive ketones (excluding diaryl/α,β-unsaturated/α-hetero) is 1. The van der Waals surface area contributed by atoms with Gasteiger partial charge in [-0.15, -0.1) is 0 Å². The highest BCUT2D eigenvalue weighted by Crippen LogP contribution is 2.49. The van der Waals surface area contributed by atoms with E-state index >= 15 is 0 Å². The van der Waals surface area contributed by atoms with E-state index in [0.717, 1.165) is 5.56 Å². The molecule has 0 fully saturated rings. The van der Waals surface area contributed by atoms with Gasteiger partial charge in [0.2, 0.25) is 5.88 Å². The Kier molecular flexibility index (Phi) is 6.20. The van der Waals surface area contributed by atoms with E-state index in [1.807, 2.05) is 30.3 Å². The fourth-order valence-electron chi connectivity index (χ4n) is 4.35. The molecule has 1 heterocycles. The minimum atomic E-state index is -1.04. The SMILES string of the molecule is CCOC(=O)C1=C(N)OC2=C(C(=O)CC(c3ccccc3)C2)C1c1cc([N+](=O)[O-])ccc1Cl. The van der Waals surface area contributed by atoms with Gasteiger partial charge in [-0.3, -0.25) is 14.9 Å². The maximum absolute atomic E-state index is 13.4. The molecule has 0 saturated carbocycles. The molecule has 2 unspecified atom stereocenters. The van der Waals surface area contributed by atoms with Gasteiger partial charge in [0.1, 0.15) is 11.3 Å². The van der Waals surface area contributed by atoms with Crippen LogP contribution >= 0.6 is 11.6 Å². The van der Waals surface area contributed by atoms with E-state index in [2.05, 4.69) is 0 Å². The zero-order valence-electron chi connectivity index (χ0n) is 17.7. The Balaban J connectivity index is 1.87. The van der Waals surface area contributed by atoms with Crippen molar-refractivity contribution in [2.75, 3.05) is 6.61 Å². The van der Waals surface area contributed by atoms with Gasteiger partial charge in [-0.2, -0.15) is 0 Å². The smallest absolute Gasteiger partial charge is 0.340 e. The van der Waals surface area contributed by atoms with Crippen molar-refractivity contribution < 1.29 is 24.0 Å². The summed E-state index contributed by atoms with van der Waals surface area (Å²) < 4.78 is 11.0. The predicted octanol–water partition coefficient (Wildman–Crippen LogP) is 4.50. The Morgan fingerprint density at radius 2 is 1.97 bits per heavy atom. The third-order valence-corrected chi connectivity index (χ3v) is 6.15. The standard InChI is InChI=1S/C24H21ClN2O6/c1-2-32-24(29)22-20(16-12-15(27(30)31)8-9-17(16)25)21-18(28)10-14(11-19(21)33-23(22)26)13-6-4-3-5-7-13/h3-9,12,14,20H,2,10-11,26H2,1H3. The van der Waals surface area contributed by atoms with Crippen LogP contribution in [0, 0.1) is 10.1 Å². The molecule has 0 radical (unpaired) electrons. The highest BCUT2D eigenvalue weighted by molar-refractivity contribution is 6.31. The summed E-state index contributed by atoms with van der Waals surface area (Å²) in [6.45, 7) is 1.70. The number of carbonyl (C=O) groups excluding carboxylic acids is 2. The molecule has 2 aromatic carbocycles. The molecule has 1 aliphatic carbocycles. The van der Waals surface area contributed by atoms with Crippen LogP contribution in [-0.4, -0.2) is 23.3 Å². The number of nitrogens with zero attached hydrogens (tertiary/aromatic N) is 1. The van der Waals surface area contributed by atoms with Gasteiger partial charge in [0.25, 0.3) is 5.69 Å². The molecule has 0 aromatic heterocycles. The van der Waals surface area contributed by atoms with Crippen LogP contribution in [0.2, 0.25) is 5.02 Å². The number of hydrogen-bond acceptors (Lipinski definition) is 7. The lowest BCUT2D eigenvalue weighted by Gasteiger charge is -2.35. The van der Waals surface area contributed by atoms with Gasteiger partial charge in [-0.1, -0.05) is 41.9 Å². The highest BCUT2D eigenvalue weighted by atomic mass is 35.5. The van der Waals surface area contributed by atoms with Gasteiger partial charge in [0.15, 0.2) is 5.78 Å². The predicted molar refractivity (Wildman–Crippen MR) is 120 cm³/mol. The van der Waals surface area contributed by atoms with Crippen molar-refractivity contribution in [3.8, 4) is 0 Å². The van der Waals surface area contributed by atoms with Crippen LogP contribution in [0.15, 0.2) is 71.3 Å². The number of nitrogens with two attached hydrogens (primary N) is 1. The Morgan fingerprint density at radius 3 is 2.64 bits per heavy atom. The van der Waals surface area contributed by atoms with E-state index in [9.17, 15) is 19.7 Å². The number of esters is 1. The zero-order valence-corrected chi connectivity index (χ0v) is 18.5. The van der Waals surface area contributed by atoms with Gasteiger partial charge in [-0.25, -0.2) is 4.79 Å². The Bertz CT molecular complexity index is 1200. The van der Waals surface area contributed by atoms with Gasteiger partial charge in [0, 0.05) is 35.6 Å². The summed E-state index contributed by atoms with van der Waals surface area (Å²) in [5, 5.41) is 11.6. The van der Waals surface area contributed by atoms with Crippen molar-refractivity contribution in [2.45, 2.75) is 31.6 Å². The lowest BCUT2D eigenvalue weighted by molar-refractivity contribution is -0.384. The molecular weight excluding hydrogens is 448 g/mol. The van der Waals surface area contributed by atoms with Gasteiger partial charge < -0.3 is 15.2 Å². The number of halogens is 1. The van der Waals surface area contributed by atoms with Crippen LogP contribution in [0.1, 0.15) is 42.7 Å². The second-order valence-electron chi connectivity index (χ2n) is 7.77. The monoisotopic (exact) mass is 468 g/mol. The number of hydrogen-bond donors (Lipinski definition) is 1. The minimum Gasteiger partial charge on any atom is -0.462 e. The third-order valence-electron chi connectivity index (χ3n) is 5.81. The Morgan fingerprint density at radius 1 is 1.24 bits per heavy atom.